The number of allylic oxidation sites excluding steroid dienone is 1. The fourth-order valence-corrected chi connectivity index (χ4v) is 2.17. The van der Waals surface area contributed by atoms with Gasteiger partial charge in [-0.05, 0) is 19.8 Å². The Morgan fingerprint density at radius 1 is 1.47 bits per heavy atom. The van der Waals surface area contributed by atoms with Gasteiger partial charge in [-0.1, -0.05) is 19.1 Å². The highest BCUT2D eigenvalue weighted by molar-refractivity contribution is 5.88. The zero-order chi connectivity index (χ0) is 14.4. The van der Waals surface area contributed by atoms with Gasteiger partial charge in [-0.25, -0.2) is 0 Å². The lowest BCUT2D eigenvalue weighted by Gasteiger charge is -2.28. The topological polar surface area (TPSA) is 80.5 Å². The van der Waals surface area contributed by atoms with Crippen molar-refractivity contribution in [3.05, 3.63) is 12.2 Å². The van der Waals surface area contributed by atoms with Crippen LogP contribution in [-0.2, 0) is 14.4 Å². The van der Waals surface area contributed by atoms with Crippen molar-refractivity contribution in [2.45, 2.75) is 39.2 Å². The Morgan fingerprint density at radius 3 is 2.74 bits per heavy atom. The van der Waals surface area contributed by atoms with Crippen LogP contribution in [0.3, 0.4) is 0 Å². The van der Waals surface area contributed by atoms with Crippen LogP contribution in [0.5, 0.6) is 0 Å². The molecule has 0 aromatic carbocycles. The predicted molar refractivity (Wildman–Crippen MR) is 72.4 cm³/mol. The van der Waals surface area contributed by atoms with Crippen LogP contribution in [0, 0.1) is 5.92 Å². The van der Waals surface area contributed by atoms with Crippen molar-refractivity contribution in [2.24, 2.45) is 11.7 Å². The van der Waals surface area contributed by atoms with E-state index in [0.29, 0.717) is 6.54 Å². The molecule has 1 rings (SSSR count). The molecule has 2 atom stereocenters. The standard InChI is InChI=1S/C14H22N2O3/c1-10-6-4-3-5-7-16(9-13(10)18)12(14(15)19)8-11(2)17/h3-4,10,12H,5-9H2,1-2H3,(H2,15,19)/b4-3-/t10-,12-/m0/s1. The summed E-state index contributed by atoms with van der Waals surface area (Å²) in [5.74, 6) is -0.623. The number of carbonyl (C=O) groups excluding carboxylic acids is 3. The van der Waals surface area contributed by atoms with Gasteiger partial charge in [0.15, 0.2) is 0 Å². The fraction of sp³-hybridized carbons (Fsp3) is 0.643. The number of ketones is 2. The molecule has 0 aromatic rings. The molecule has 0 saturated carbocycles. The first kappa shape index (κ1) is 15.6. The molecule has 0 spiro atoms. The lowest BCUT2D eigenvalue weighted by Crippen LogP contribution is -2.48. The third-order valence-corrected chi connectivity index (χ3v) is 3.40. The number of hydrogen-bond acceptors (Lipinski definition) is 4. The van der Waals surface area contributed by atoms with E-state index < -0.39 is 11.9 Å². The van der Waals surface area contributed by atoms with Gasteiger partial charge in [0.2, 0.25) is 5.91 Å². The summed E-state index contributed by atoms with van der Waals surface area (Å²) in [5.41, 5.74) is 5.36. The Balaban J connectivity index is 2.85. The van der Waals surface area contributed by atoms with Gasteiger partial charge in [0.1, 0.15) is 11.6 Å². The van der Waals surface area contributed by atoms with Crippen molar-refractivity contribution in [1.29, 1.82) is 0 Å². The maximum absolute atomic E-state index is 12.0. The molecule has 1 aliphatic heterocycles. The molecule has 1 amide bonds. The van der Waals surface area contributed by atoms with E-state index in [1.165, 1.54) is 6.92 Å². The van der Waals surface area contributed by atoms with E-state index in [4.69, 9.17) is 5.73 Å². The van der Waals surface area contributed by atoms with Gasteiger partial charge in [-0.2, -0.15) is 0 Å². The molecule has 0 aromatic heterocycles. The van der Waals surface area contributed by atoms with Crippen LogP contribution in [0.25, 0.3) is 0 Å². The third kappa shape index (κ3) is 4.95. The van der Waals surface area contributed by atoms with Crippen LogP contribution in [0.15, 0.2) is 12.2 Å². The second-order valence-electron chi connectivity index (χ2n) is 5.16. The monoisotopic (exact) mass is 266 g/mol. The Hall–Kier alpha value is -1.49. The van der Waals surface area contributed by atoms with Crippen LogP contribution in [0.2, 0.25) is 0 Å². The third-order valence-electron chi connectivity index (χ3n) is 3.40. The zero-order valence-electron chi connectivity index (χ0n) is 11.6. The zero-order valence-corrected chi connectivity index (χ0v) is 11.6. The predicted octanol–water partition coefficient (Wildman–Crippen LogP) is 0.677. The van der Waals surface area contributed by atoms with Crippen molar-refractivity contribution in [1.82, 2.24) is 4.90 Å². The maximum Gasteiger partial charge on any atom is 0.235 e. The van der Waals surface area contributed by atoms with Crippen LogP contribution in [-0.4, -0.2) is 41.5 Å². The minimum Gasteiger partial charge on any atom is -0.368 e. The molecule has 0 aliphatic carbocycles. The van der Waals surface area contributed by atoms with E-state index >= 15 is 0 Å². The Bertz CT molecular complexity index is 390. The number of rotatable bonds is 4. The highest BCUT2D eigenvalue weighted by Gasteiger charge is 2.28. The Morgan fingerprint density at radius 2 is 2.16 bits per heavy atom. The lowest BCUT2D eigenvalue weighted by atomic mass is 10.0. The number of carbonyl (C=O) groups is 3. The molecular weight excluding hydrogens is 244 g/mol. The number of primary amides is 1. The molecule has 2 N–H and O–H groups in total. The van der Waals surface area contributed by atoms with Gasteiger partial charge in [0.05, 0.1) is 12.6 Å². The van der Waals surface area contributed by atoms with Gasteiger partial charge >= 0.3 is 0 Å². The minimum atomic E-state index is -0.680. The minimum absolute atomic E-state index is 0.0669. The quantitative estimate of drug-likeness (QED) is 0.759. The average Bonchev–Trinajstić information content (AvgIpc) is 2.39. The summed E-state index contributed by atoms with van der Waals surface area (Å²) < 4.78 is 0. The van der Waals surface area contributed by atoms with E-state index in [9.17, 15) is 14.4 Å². The Kier molecular flexibility index (Phi) is 5.89. The van der Waals surface area contributed by atoms with E-state index in [-0.39, 0.29) is 30.4 Å². The van der Waals surface area contributed by atoms with Crippen molar-refractivity contribution in [3.8, 4) is 0 Å². The van der Waals surface area contributed by atoms with Crippen LogP contribution < -0.4 is 5.73 Å². The molecule has 5 nitrogen and oxygen atoms in total. The molecule has 0 bridgehead atoms. The van der Waals surface area contributed by atoms with Crippen molar-refractivity contribution < 1.29 is 14.4 Å². The maximum atomic E-state index is 12.0. The fourth-order valence-electron chi connectivity index (χ4n) is 2.17. The molecule has 1 aliphatic rings. The van der Waals surface area contributed by atoms with E-state index in [2.05, 4.69) is 0 Å². The van der Waals surface area contributed by atoms with Crippen LogP contribution in [0.1, 0.15) is 33.1 Å². The molecule has 0 saturated heterocycles. The van der Waals surface area contributed by atoms with Gasteiger partial charge in [-0.3, -0.25) is 19.3 Å². The smallest absolute Gasteiger partial charge is 0.235 e. The largest absolute Gasteiger partial charge is 0.368 e. The molecule has 0 unspecified atom stereocenters. The SMILES string of the molecule is CC(=O)C[C@@H](C(N)=O)N1CC/C=C\C[C@H](C)C(=O)C1. The van der Waals surface area contributed by atoms with Crippen LogP contribution >= 0.6 is 0 Å². The Labute approximate surface area is 113 Å². The van der Waals surface area contributed by atoms with Gasteiger partial charge in [-0.15, -0.1) is 0 Å². The van der Waals surface area contributed by atoms with E-state index in [1.54, 1.807) is 4.90 Å². The molecule has 5 heteroatoms. The first-order valence-electron chi connectivity index (χ1n) is 6.62. The van der Waals surface area contributed by atoms with Crippen molar-refractivity contribution in [2.75, 3.05) is 13.1 Å². The number of Topliss-reactive ketones (excluding diaryl/α,β-unsaturated/α-hetero) is 2. The van der Waals surface area contributed by atoms with Gasteiger partial charge in [0, 0.05) is 18.9 Å². The molecule has 106 valence electrons. The summed E-state index contributed by atoms with van der Waals surface area (Å²) in [7, 11) is 0. The summed E-state index contributed by atoms with van der Waals surface area (Å²) in [6.45, 7) is 4.05. The molecule has 0 fully saturated rings. The van der Waals surface area contributed by atoms with Gasteiger partial charge in [0.25, 0.3) is 0 Å². The lowest BCUT2D eigenvalue weighted by molar-refractivity contribution is -0.131. The molecule has 19 heavy (non-hydrogen) atoms. The summed E-state index contributed by atoms with van der Waals surface area (Å²) >= 11 is 0. The molecular formula is C14H22N2O3. The second kappa shape index (κ2) is 7.19. The summed E-state index contributed by atoms with van der Waals surface area (Å²) in [5, 5.41) is 0. The molecule has 0 radical (unpaired) electrons. The first-order valence-corrected chi connectivity index (χ1v) is 6.62. The highest BCUT2D eigenvalue weighted by atomic mass is 16.2. The number of nitrogens with zero attached hydrogens (tertiary/aromatic N) is 1. The van der Waals surface area contributed by atoms with Gasteiger partial charge < -0.3 is 5.73 Å². The summed E-state index contributed by atoms with van der Waals surface area (Å²) in [4.78, 5) is 36.5. The second-order valence-corrected chi connectivity index (χ2v) is 5.16. The highest BCUT2D eigenvalue weighted by Crippen LogP contribution is 2.13. The average molecular weight is 266 g/mol. The summed E-state index contributed by atoms with van der Waals surface area (Å²) in [6.07, 6.45) is 5.55. The first-order chi connectivity index (χ1) is 8.91. The normalized spacial score (nSPS) is 24.9. The van der Waals surface area contributed by atoms with Crippen LogP contribution in [0.4, 0.5) is 0 Å². The summed E-state index contributed by atoms with van der Waals surface area (Å²) in [6, 6.07) is -0.680. The number of amides is 1. The molecule has 1 heterocycles. The van der Waals surface area contributed by atoms with Crippen molar-refractivity contribution >= 4 is 17.5 Å². The van der Waals surface area contributed by atoms with E-state index in [0.717, 1.165) is 12.8 Å². The number of nitrogens with two attached hydrogens (primary N) is 1. The van der Waals surface area contributed by atoms with Crippen molar-refractivity contribution in [3.63, 3.8) is 0 Å². The van der Waals surface area contributed by atoms with E-state index in [1.807, 2.05) is 19.1 Å². The number of hydrogen-bond donors (Lipinski definition) is 1.